The maximum atomic E-state index is 13.2. The molecule has 0 spiro atoms. The van der Waals surface area contributed by atoms with Crippen molar-refractivity contribution < 1.29 is 14.3 Å². The molecule has 0 fully saturated rings. The van der Waals surface area contributed by atoms with Crippen molar-refractivity contribution in [3.8, 4) is 17.6 Å². The Hall–Kier alpha value is -4.10. The lowest BCUT2D eigenvalue weighted by molar-refractivity contribution is -0.153. The van der Waals surface area contributed by atoms with Gasteiger partial charge in [-0.05, 0) is 59.4 Å². The molecule has 2 atom stereocenters. The van der Waals surface area contributed by atoms with Gasteiger partial charge in [0.2, 0.25) is 6.10 Å². The number of nitriles is 1. The molecule has 0 amide bonds. The van der Waals surface area contributed by atoms with Gasteiger partial charge < -0.3 is 9.47 Å². The smallest absolute Gasteiger partial charge is 0.310 e. The van der Waals surface area contributed by atoms with Crippen LogP contribution in [0.5, 0.6) is 11.5 Å². The van der Waals surface area contributed by atoms with Crippen LogP contribution in [-0.2, 0) is 16.0 Å². The van der Waals surface area contributed by atoms with Crippen LogP contribution in [0.2, 0.25) is 0 Å². The number of benzene rings is 4. The van der Waals surface area contributed by atoms with E-state index in [-0.39, 0.29) is 17.8 Å². The van der Waals surface area contributed by atoms with Crippen LogP contribution in [0.25, 0.3) is 10.8 Å². The summed E-state index contributed by atoms with van der Waals surface area (Å²) < 4.78 is 11.6. The molecule has 176 valence electrons. The predicted octanol–water partition coefficient (Wildman–Crippen LogP) is 7.64. The fourth-order valence-corrected chi connectivity index (χ4v) is 4.28. The minimum Gasteiger partial charge on any atom is -0.457 e. The summed E-state index contributed by atoms with van der Waals surface area (Å²) in [6.45, 7) is 4.04. The quantitative estimate of drug-likeness (QED) is 0.239. The molecular formula is C31H29NO3. The van der Waals surface area contributed by atoms with E-state index in [2.05, 4.69) is 36.4 Å². The number of ether oxygens (including phenoxy) is 2. The molecule has 0 N–H and O–H groups in total. The molecule has 0 aliphatic rings. The molecule has 35 heavy (non-hydrogen) atoms. The number of hydrogen-bond acceptors (Lipinski definition) is 4. The summed E-state index contributed by atoms with van der Waals surface area (Å²) in [6, 6.07) is 33.2. The highest BCUT2D eigenvalue weighted by Crippen LogP contribution is 2.29. The van der Waals surface area contributed by atoms with Gasteiger partial charge in [0.05, 0.1) is 5.92 Å². The van der Waals surface area contributed by atoms with Gasteiger partial charge in [-0.25, -0.2) is 0 Å². The molecular weight excluding hydrogens is 434 g/mol. The molecule has 2 unspecified atom stereocenters. The molecule has 0 bridgehead atoms. The topological polar surface area (TPSA) is 59.3 Å². The highest BCUT2D eigenvalue weighted by molar-refractivity contribution is 5.85. The molecule has 0 heterocycles. The van der Waals surface area contributed by atoms with Gasteiger partial charge >= 0.3 is 5.97 Å². The highest BCUT2D eigenvalue weighted by Gasteiger charge is 2.27. The van der Waals surface area contributed by atoms with E-state index in [0.29, 0.717) is 23.5 Å². The number of rotatable bonds is 9. The standard InChI is InChI=1S/C31H29NO3/c1-22(2)28(19-18-24-12-8-11-23-10-6-7-17-29(23)24)31(33)35-30(21-32)25-13-9-16-27(20-25)34-26-14-4-3-5-15-26/h3-17,20,22,28,30H,18-19H2,1-2H3. The second-order valence-electron chi connectivity index (χ2n) is 8.96. The highest BCUT2D eigenvalue weighted by atomic mass is 16.5. The monoisotopic (exact) mass is 463 g/mol. The normalized spacial score (nSPS) is 12.6. The third-order valence-electron chi connectivity index (χ3n) is 6.20. The molecule has 4 heteroatoms. The van der Waals surface area contributed by atoms with Gasteiger partial charge in [-0.2, -0.15) is 5.26 Å². The summed E-state index contributed by atoms with van der Waals surface area (Å²) in [4.78, 5) is 13.2. The number of fused-ring (bicyclic) bond motifs is 1. The number of hydrogen-bond donors (Lipinski definition) is 0. The maximum Gasteiger partial charge on any atom is 0.310 e. The third-order valence-corrected chi connectivity index (χ3v) is 6.20. The minimum atomic E-state index is -0.999. The van der Waals surface area contributed by atoms with E-state index in [1.54, 1.807) is 18.2 Å². The molecule has 4 aromatic rings. The van der Waals surface area contributed by atoms with Crippen molar-refractivity contribution in [2.75, 3.05) is 0 Å². The summed E-state index contributed by atoms with van der Waals surface area (Å²) >= 11 is 0. The third kappa shape index (κ3) is 6.07. The number of aryl methyl sites for hydroxylation is 1. The summed E-state index contributed by atoms with van der Waals surface area (Å²) in [7, 11) is 0. The number of nitrogens with zero attached hydrogens (tertiary/aromatic N) is 1. The summed E-state index contributed by atoms with van der Waals surface area (Å²) in [6.07, 6.45) is 0.414. The van der Waals surface area contributed by atoms with Crippen molar-refractivity contribution >= 4 is 16.7 Å². The zero-order chi connectivity index (χ0) is 24.6. The summed E-state index contributed by atoms with van der Waals surface area (Å²) in [5.41, 5.74) is 1.80. The Bertz CT molecular complexity index is 1320. The first kappa shape index (κ1) is 24.0. The SMILES string of the molecule is CC(C)C(CCc1cccc2ccccc12)C(=O)OC(C#N)c1cccc(Oc2ccccc2)c1. The molecule has 4 aromatic carbocycles. The van der Waals surface area contributed by atoms with Crippen molar-refractivity contribution in [3.05, 3.63) is 108 Å². The largest absolute Gasteiger partial charge is 0.457 e. The first-order chi connectivity index (χ1) is 17.0. The first-order valence-electron chi connectivity index (χ1n) is 11.9. The van der Waals surface area contributed by atoms with E-state index in [1.165, 1.54) is 16.3 Å². The van der Waals surface area contributed by atoms with E-state index in [9.17, 15) is 10.1 Å². The number of carbonyl (C=O) groups is 1. The molecule has 0 aromatic heterocycles. The molecule has 0 aliphatic heterocycles. The Kier molecular flexibility index (Phi) is 7.80. The second-order valence-corrected chi connectivity index (χ2v) is 8.96. The second kappa shape index (κ2) is 11.4. The molecule has 0 saturated heterocycles. The fraction of sp³-hybridized carbons (Fsp3) is 0.226. The average Bonchev–Trinajstić information content (AvgIpc) is 2.88. The van der Waals surface area contributed by atoms with Crippen LogP contribution >= 0.6 is 0 Å². The Balaban J connectivity index is 1.45. The van der Waals surface area contributed by atoms with E-state index >= 15 is 0 Å². The van der Waals surface area contributed by atoms with Gasteiger partial charge in [0, 0.05) is 5.56 Å². The van der Waals surface area contributed by atoms with Gasteiger partial charge in [0.25, 0.3) is 0 Å². The summed E-state index contributed by atoms with van der Waals surface area (Å²) in [5, 5.41) is 12.2. The van der Waals surface area contributed by atoms with Crippen LogP contribution in [-0.4, -0.2) is 5.97 Å². The fourth-order valence-electron chi connectivity index (χ4n) is 4.28. The molecule has 0 aliphatic carbocycles. The van der Waals surface area contributed by atoms with Crippen LogP contribution in [0.4, 0.5) is 0 Å². The average molecular weight is 464 g/mol. The van der Waals surface area contributed by atoms with Gasteiger partial charge in [-0.3, -0.25) is 4.79 Å². The first-order valence-corrected chi connectivity index (χ1v) is 11.9. The zero-order valence-electron chi connectivity index (χ0n) is 20.1. The molecule has 0 saturated carbocycles. The van der Waals surface area contributed by atoms with Crippen molar-refractivity contribution in [2.45, 2.75) is 32.8 Å². The zero-order valence-corrected chi connectivity index (χ0v) is 20.1. The lowest BCUT2D eigenvalue weighted by Crippen LogP contribution is -2.25. The van der Waals surface area contributed by atoms with Gasteiger partial charge in [-0.1, -0.05) is 86.6 Å². The van der Waals surface area contributed by atoms with Crippen molar-refractivity contribution in [2.24, 2.45) is 11.8 Å². The van der Waals surface area contributed by atoms with Crippen molar-refractivity contribution in [3.63, 3.8) is 0 Å². The molecule has 4 rings (SSSR count). The number of esters is 1. The summed E-state index contributed by atoms with van der Waals surface area (Å²) in [5.74, 6) is 0.712. The lowest BCUT2D eigenvalue weighted by atomic mass is 9.88. The Morgan fingerprint density at radius 3 is 2.31 bits per heavy atom. The van der Waals surface area contributed by atoms with E-state index in [0.717, 1.165) is 6.42 Å². The van der Waals surface area contributed by atoms with Gasteiger partial charge in [0.1, 0.15) is 17.6 Å². The van der Waals surface area contributed by atoms with Crippen LogP contribution in [0, 0.1) is 23.2 Å². The Morgan fingerprint density at radius 2 is 1.54 bits per heavy atom. The van der Waals surface area contributed by atoms with E-state index in [4.69, 9.17) is 9.47 Å². The van der Waals surface area contributed by atoms with Crippen LogP contribution in [0.3, 0.4) is 0 Å². The molecule has 4 nitrogen and oxygen atoms in total. The Morgan fingerprint density at radius 1 is 0.857 bits per heavy atom. The maximum absolute atomic E-state index is 13.2. The van der Waals surface area contributed by atoms with Crippen LogP contribution in [0.1, 0.15) is 37.5 Å². The van der Waals surface area contributed by atoms with Gasteiger partial charge in [0.15, 0.2) is 0 Å². The minimum absolute atomic E-state index is 0.0876. The number of para-hydroxylation sites is 1. The van der Waals surface area contributed by atoms with E-state index in [1.807, 2.05) is 62.4 Å². The van der Waals surface area contributed by atoms with Gasteiger partial charge in [-0.15, -0.1) is 0 Å². The Labute approximate surface area is 206 Å². The van der Waals surface area contributed by atoms with Crippen LogP contribution in [0.15, 0.2) is 97.1 Å². The van der Waals surface area contributed by atoms with Crippen molar-refractivity contribution in [1.29, 1.82) is 5.26 Å². The lowest BCUT2D eigenvalue weighted by Gasteiger charge is -2.22. The number of carbonyl (C=O) groups excluding carboxylic acids is 1. The predicted molar refractivity (Wildman–Crippen MR) is 138 cm³/mol. The molecule has 0 radical (unpaired) electrons. The van der Waals surface area contributed by atoms with Crippen molar-refractivity contribution in [1.82, 2.24) is 0 Å². The van der Waals surface area contributed by atoms with Crippen LogP contribution < -0.4 is 4.74 Å². The van der Waals surface area contributed by atoms with E-state index < -0.39 is 6.10 Å².